The van der Waals surface area contributed by atoms with E-state index in [-0.39, 0.29) is 11.6 Å². The number of primary amides is 1. The topological polar surface area (TPSA) is 94.1 Å². The van der Waals surface area contributed by atoms with Crippen molar-refractivity contribution < 1.29 is 9.59 Å². The molecule has 0 bridgehead atoms. The zero-order chi connectivity index (χ0) is 20.7. The Morgan fingerprint density at radius 2 is 1.93 bits per heavy atom. The number of fused-ring (bicyclic) bond motifs is 1. The van der Waals surface area contributed by atoms with Crippen molar-refractivity contribution >= 4 is 11.8 Å². The van der Waals surface area contributed by atoms with Crippen molar-refractivity contribution in [3.05, 3.63) is 70.2 Å². The number of aromatic nitrogens is 3. The van der Waals surface area contributed by atoms with E-state index in [1.807, 2.05) is 50.2 Å². The standard InChI is InChI=1S/C22H23N5O2/c1-13-9-14(2)24-18(10-13)15-5-4-6-16(11-15)22(29)27-8-7-19-17(12-27)20(21(23)28)25-26(19)3/h4-6,9-11H,7-8,12H2,1-3H3,(H2,23,28). The quantitative estimate of drug-likeness (QED) is 0.744. The van der Waals surface area contributed by atoms with Gasteiger partial charge in [0.1, 0.15) is 0 Å². The Morgan fingerprint density at radius 3 is 2.66 bits per heavy atom. The van der Waals surface area contributed by atoms with E-state index in [1.54, 1.807) is 16.6 Å². The number of hydrogen-bond donors (Lipinski definition) is 1. The fraction of sp³-hybridized carbons (Fsp3) is 0.273. The molecule has 148 valence electrons. The normalized spacial score (nSPS) is 13.3. The van der Waals surface area contributed by atoms with Crippen LogP contribution in [0.4, 0.5) is 0 Å². The molecule has 2 amide bonds. The van der Waals surface area contributed by atoms with E-state index >= 15 is 0 Å². The smallest absolute Gasteiger partial charge is 0.269 e. The number of rotatable bonds is 3. The van der Waals surface area contributed by atoms with Crippen LogP contribution in [0.25, 0.3) is 11.3 Å². The van der Waals surface area contributed by atoms with Crippen LogP contribution in [0.15, 0.2) is 36.4 Å². The minimum absolute atomic E-state index is 0.0823. The largest absolute Gasteiger partial charge is 0.364 e. The first-order chi connectivity index (χ1) is 13.8. The Balaban J connectivity index is 1.63. The van der Waals surface area contributed by atoms with E-state index in [0.717, 1.165) is 33.8 Å². The summed E-state index contributed by atoms with van der Waals surface area (Å²) >= 11 is 0. The molecule has 7 nitrogen and oxygen atoms in total. The predicted octanol–water partition coefficient (Wildman–Crippen LogP) is 2.40. The maximum Gasteiger partial charge on any atom is 0.269 e. The summed E-state index contributed by atoms with van der Waals surface area (Å²) in [5.74, 6) is -0.653. The van der Waals surface area contributed by atoms with E-state index in [9.17, 15) is 9.59 Å². The molecule has 1 aliphatic heterocycles. The van der Waals surface area contributed by atoms with Crippen LogP contribution in [0.1, 0.15) is 43.4 Å². The van der Waals surface area contributed by atoms with Gasteiger partial charge in [-0.3, -0.25) is 19.3 Å². The van der Waals surface area contributed by atoms with Gasteiger partial charge in [0.05, 0.1) is 12.2 Å². The Bertz CT molecular complexity index is 1110. The maximum atomic E-state index is 13.2. The van der Waals surface area contributed by atoms with Crippen LogP contribution in [-0.4, -0.2) is 38.0 Å². The molecule has 4 rings (SSSR count). The van der Waals surface area contributed by atoms with Crippen LogP contribution >= 0.6 is 0 Å². The molecule has 0 spiro atoms. The zero-order valence-corrected chi connectivity index (χ0v) is 16.8. The van der Waals surface area contributed by atoms with Gasteiger partial charge in [-0.25, -0.2) is 0 Å². The number of amides is 2. The van der Waals surface area contributed by atoms with Gasteiger partial charge in [0.2, 0.25) is 0 Å². The van der Waals surface area contributed by atoms with Crippen LogP contribution in [0.5, 0.6) is 0 Å². The lowest BCUT2D eigenvalue weighted by Crippen LogP contribution is -2.36. The predicted molar refractivity (Wildman–Crippen MR) is 109 cm³/mol. The van der Waals surface area contributed by atoms with Gasteiger partial charge in [-0.15, -0.1) is 0 Å². The van der Waals surface area contributed by atoms with Gasteiger partial charge < -0.3 is 10.6 Å². The van der Waals surface area contributed by atoms with Gasteiger partial charge in [0.15, 0.2) is 5.69 Å². The molecule has 0 radical (unpaired) electrons. The number of pyridine rings is 1. The van der Waals surface area contributed by atoms with Crippen LogP contribution in [0.3, 0.4) is 0 Å². The summed E-state index contributed by atoms with van der Waals surface area (Å²) < 4.78 is 1.68. The lowest BCUT2D eigenvalue weighted by atomic mass is 10.0. The first-order valence-corrected chi connectivity index (χ1v) is 9.53. The summed E-state index contributed by atoms with van der Waals surface area (Å²) in [6.07, 6.45) is 0.635. The number of hydrogen-bond acceptors (Lipinski definition) is 4. The third-order valence-corrected chi connectivity index (χ3v) is 5.27. The minimum atomic E-state index is -0.570. The van der Waals surface area contributed by atoms with Crippen molar-refractivity contribution in [2.45, 2.75) is 26.8 Å². The molecular formula is C22H23N5O2. The molecule has 0 unspecified atom stereocenters. The van der Waals surface area contributed by atoms with Crippen LogP contribution in [-0.2, 0) is 20.0 Å². The fourth-order valence-corrected chi connectivity index (χ4v) is 3.95. The van der Waals surface area contributed by atoms with Gasteiger partial charge in [-0.05, 0) is 43.7 Å². The van der Waals surface area contributed by atoms with E-state index in [1.165, 1.54) is 0 Å². The number of aryl methyl sites for hydroxylation is 3. The van der Waals surface area contributed by atoms with Gasteiger partial charge in [-0.1, -0.05) is 12.1 Å². The zero-order valence-electron chi connectivity index (χ0n) is 16.8. The number of carbonyl (C=O) groups excluding carboxylic acids is 2. The lowest BCUT2D eigenvalue weighted by molar-refractivity contribution is 0.0731. The summed E-state index contributed by atoms with van der Waals surface area (Å²) in [6, 6.07) is 11.5. The minimum Gasteiger partial charge on any atom is -0.364 e. The van der Waals surface area contributed by atoms with Crippen LogP contribution in [0, 0.1) is 13.8 Å². The first kappa shape index (κ1) is 18.9. The molecule has 29 heavy (non-hydrogen) atoms. The Hall–Kier alpha value is -3.48. The number of nitrogens with zero attached hydrogens (tertiary/aromatic N) is 4. The van der Waals surface area contributed by atoms with Crippen molar-refractivity contribution in [3.63, 3.8) is 0 Å². The highest BCUT2D eigenvalue weighted by molar-refractivity contribution is 5.96. The van der Waals surface area contributed by atoms with Crippen molar-refractivity contribution in [3.8, 4) is 11.3 Å². The van der Waals surface area contributed by atoms with Gasteiger partial charge in [0.25, 0.3) is 11.8 Å². The average molecular weight is 389 g/mol. The highest BCUT2D eigenvalue weighted by atomic mass is 16.2. The van der Waals surface area contributed by atoms with Crippen molar-refractivity contribution in [1.82, 2.24) is 19.7 Å². The molecule has 0 saturated heterocycles. The van der Waals surface area contributed by atoms with E-state index < -0.39 is 5.91 Å². The third-order valence-electron chi connectivity index (χ3n) is 5.27. The van der Waals surface area contributed by atoms with Crippen LogP contribution in [0.2, 0.25) is 0 Å². The van der Waals surface area contributed by atoms with Gasteiger partial charge >= 0.3 is 0 Å². The molecule has 0 saturated carbocycles. The Labute approximate surface area is 169 Å². The first-order valence-electron chi connectivity index (χ1n) is 9.53. The van der Waals surface area contributed by atoms with E-state index in [4.69, 9.17) is 5.73 Å². The Kier molecular flexibility index (Phi) is 4.66. The van der Waals surface area contributed by atoms with E-state index in [2.05, 4.69) is 10.1 Å². The highest BCUT2D eigenvalue weighted by Crippen LogP contribution is 2.25. The summed E-state index contributed by atoms with van der Waals surface area (Å²) in [5.41, 5.74) is 11.8. The summed E-state index contributed by atoms with van der Waals surface area (Å²) in [5, 5.41) is 4.22. The number of benzene rings is 1. The third kappa shape index (κ3) is 3.51. The molecule has 2 aromatic heterocycles. The second kappa shape index (κ2) is 7.16. The average Bonchev–Trinajstić information content (AvgIpc) is 3.03. The van der Waals surface area contributed by atoms with Crippen molar-refractivity contribution in [2.75, 3.05) is 6.54 Å². The molecule has 3 heterocycles. The van der Waals surface area contributed by atoms with E-state index in [0.29, 0.717) is 25.1 Å². The molecule has 3 aromatic rings. The molecule has 1 aliphatic rings. The van der Waals surface area contributed by atoms with Gasteiger partial charge in [-0.2, -0.15) is 5.10 Å². The lowest BCUT2D eigenvalue weighted by Gasteiger charge is -2.27. The van der Waals surface area contributed by atoms with Crippen molar-refractivity contribution in [2.24, 2.45) is 12.8 Å². The molecule has 7 heteroatoms. The maximum absolute atomic E-state index is 13.2. The van der Waals surface area contributed by atoms with Crippen LogP contribution < -0.4 is 5.73 Å². The summed E-state index contributed by atoms with van der Waals surface area (Å²) in [4.78, 5) is 31.2. The summed E-state index contributed by atoms with van der Waals surface area (Å²) in [6.45, 7) is 4.88. The van der Waals surface area contributed by atoms with Crippen molar-refractivity contribution in [1.29, 1.82) is 0 Å². The monoisotopic (exact) mass is 389 g/mol. The number of carbonyl (C=O) groups is 2. The second-order valence-corrected chi connectivity index (χ2v) is 7.49. The fourth-order valence-electron chi connectivity index (χ4n) is 3.95. The second-order valence-electron chi connectivity index (χ2n) is 7.49. The summed E-state index contributed by atoms with van der Waals surface area (Å²) in [7, 11) is 1.79. The molecule has 0 atom stereocenters. The molecule has 2 N–H and O–H groups in total. The Morgan fingerprint density at radius 1 is 1.14 bits per heavy atom. The molecular weight excluding hydrogens is 366 g/mol. The number of nitrogens with two attached hydrogens (primary N) is 1. The SMILES string of the molecule is Cc1cc(C)nc(-c2cccc(C(=O)N3CCc4c(c(C(N)=O)nn4C)C3)c2)c1. The molecule has 0 fully saturated rings. The highest BCUT2D eigenvalue weighted by Gasteiger charge is 2.29. The van der Waals surface area contributed by atoms with Gasteiger partial charge in [0, 0.05) is 48.1 Å². The molecule has 1 aromatic carbocycles. The molecule has 0 aliphatic carbocycles.